The molecule has 0 spiro atoms. The number of fused-ring (bicyclic) bond motifs is 1. The summed E-state index contributed by atoms with van der Waals surface area (Å²) in [4.78, 5) is 12.7. The van der Waals surface area contributed by atoms with Crippen molar-refractivity contribution in [2.24, 2.45) is 0 Å². The number of hydrogen-bond donors (Lipinski definition) is 1. The van der Waals surface area contributed by atoms with Crippen molar-refractivity contribution in [2.45, 2.75) is 25.7 Å². The van der Waals surface area contributed by atoms with Crippen molar-refractivity contribution in [3.05, 3.63) is 65.2 Å². The molecule has 1 aliphatic heterocycles. The molecule has 20 heavy (non-hydrogen) atoms. The summed E-state index contributed by atoms with van der Waals surface area (Å²) in [5, 5.41) is 3.31. The van der Waals surface area contributed by atoms with Crippen molar-refractivity contribution in [2.75, 3.05) is 11.9 Å². The molecule has 0 amide bonds. The molecular formula is C18H19NO. The van der Waals surface area contributed by atoms with E-state index < -0.39 is 0 Å². The van der Waals surface area contributed by atoms with Crippen molar-refractivity contribution < 1.29 is 4.79 Å². The van der Waals surface area contributed by atoms with E-state index in [1.54, 1.807) is 0 Å². The van der Waals surface area contributed by atoms with E-state index in [1.165, 1.54) is 5.56 Å². The zero-order valence-electron chi connectivity index (χ0n) is 11.9. The average Bonchev–Trinajstić information content (AvgIpc) is 2.90. The highest BCUT2D eigenvalue weighted by Gasteiger charge is 2.28. The van der Waals surface area contributed by atoms with Gasteiger partial charge in [0.25, 0.3) is 0 Å². The molecule has 1 aliphatic rings. The van der Waals surface area contributed by atoms with E-state index in [0.29, 0.717) is 12.5 Å². The zero-order valence-corrected chi connectivity index (χ0v) is 11.9. The second kappa shape index (κ2) is 5.12. The second-order valence-electron chi connectivity index (χ2n) is 5.66. The van der Waals surface area contributed by atoms with E-state index in [0.717, 1.165) is 16.8 Å². The van der Waals surface area contributed by atoms with Gasteiger partial charge in [-0.3, -0.25) is 4.79 Å². The lowest BCUT2D eigenvalue weighted by Gasteiger charge is -2.11. The monoisotopic (exact) mass is 265 g/mol. The van der Waals surface area contributed by atoms with Gasteiger partial charge in [-0.1, -0.05) is 56.3 Å². The predicted octanol–water partition coefficient (Wildman–Crippen LogP) is 4.20. The Balaban J connectivity index is 1.87. The summed E-state index contributed by atoms with van der Waals surface area (Å²) in [5.74, 6) is 0.641. The van der Waals surface area contributed by atoms with Gasteiger partial charge in [-0.25, -0.2) is 0 Å². The van der Waals surface area contributed by atoms with Crippen LogP contribution in [0.3, 0.4) is 0 Å². The molecule has 2 aromatic carbocycles. The minimum absolute atomic E-state index is 0.0592. The topological polar surface area (TPSA) is 29.1 Å². The lowest BCUT2D eigenvalue weighted by atomic mass is 9.91. The van der Waals surface area contributed by atoms with Gasteiger partial charge >= 0.3 is 0 Å². The lowest BCUT2D eigenvalue weighted by Crippen LogP contribution is -2.14. The molecule has 0 bridgehead atoms. The van der Waals surface area contributed by atoms with E-state index in [1.807, 2.05) is 36.4 Å². The third-order valence-corrected chi connectivity index (χ3v) is 4.01. The number of Topliss-reactive ketones (excluding diaryl/α,β-unsaturated/α-hetero) is 1. The Morgan fingerprint density at radius 2 is 1.80 bits per heavy atom. The van der Waals surface area contributed by atoms with Gasteiger partial charge in [0.15, 0.2) is 5.78 Å². The molecule has 0 saturated carbocycles. The van der Waals surface area contributed by atoms with Gasteiger partial charge in [-0.2, -0.15) is 0 Å². The zero-order chi connectivity index (χ0) is 14.1. The Hall–Kier alpha value is -2.09. The summed E-state index contributed by atoms with van der Waals surface area (Å²) >= 11 is 0. The molecule has 2 heteroatoms. The number of carbonyl (C=O) groups excluding carboxylic acids is 1. The third kappa shape index (κ3) is 2.22. The van der Waals surface area contributed by atoms with Crippen LogP contribution in [0.5, 0.6) is 0 Å². The molecule has 102 valence electrons. The SMILES string of the molecule is CC(C)c1ccc(C(=O)C2CNc3ccccc32)cc1. The summed E-state index contributed by atoms with van der Waals surface area (Å²) in [6.07, 6.45) is 0. The maximum absolute atomic E-state index is 12.7. The molecule has 1 atom stereocenters. The van der Waals surface area contributed by atoms with Crippen LogP contribution < -0.4 is 5.32 Å². The first-order valence-electron chi connectivity index (χ1n) is 7.14. The summed E-state index contributed by atoms with van der Waals surface area (Å²) in [7, 11) is 0. The molecule has 2 aromatic rings. The predicted molar refractivity (Wildman–Crippen MR) is 82.5 cm³/mol. The number of benzene rings is 2. The second-order valence-corrected chi connectivity index (χ2v) is 5.66. The summed E-state index contributed by atoms with van der Waals surface area (Å²) < 4.78 is 0. The molecule has 2 nitrogen and oxygen atoms in total. The third-order valence-electron chi connectivity index (χ3n) is 4.01. The van der Waals surface area contributed by atoms with Crippen LogP contribution in [0.4, 0.5) is 5.69 Å². The largest absolute Gasteiger partial charge is 0.384 e. The van der Waals surface area contributed by atoms with E-state index in [9.17, 15) is 4.79 Å². The quantitative estimate of drug-likeness (QED) is 0.843. The number of anilines is 1. The van der Waals surface area contributed by atoms with Crippen LogP contribution in [0.15, 0.2) is 48.5 Å². The highest BCUT2D eigenvalue weighted by atomic mass is 16.1. The molecule has 0 saturated heterocycles. The maximum atomic E-state index is 12.7. The lowest BCUT2D eigenvalue weighted by molar-refractivity contribution is 0.0966. The summed E-state index contributed by atoms with van der Waals surface area (Å²) in [5.41, 5.74) is 4.28. The van der Waals surface area contributed by atoms with Crippen molar-refractivity contribution in [3.8, 4) is 0 Å². The van der Waals surface area contributed by atoms with Crippen LogP contribution in [0, 0.1) is 0 Å². The van der Waals surface area contributed by atoms with Crippen LogP contribution >= 0.6 is 0 Å². The molecule has 0 aliphatic carbocycles. The molecule has 1 N–H and O–H groups in total. The average molecular weight is 265 g/mol. The van der Waals surface area contributed by atoms with Gasteiger partial charge < -0.3 is 5.32 Å². The fourth-order valence-corrected chi connectivity index (χ4v) is 2.75. The Kier molecular flexibility index (Phi) is 3.31. The van der Waals surface area contributed by atoms with E-state index in [-0.39, 0.29) is 11.7 Å². The van der Waals surface area contributed by atoms with Crippen LogP contribution in [0.2, 0.25) is 0 Å². The van der Waals surface area contributed by atoms with Gasteiger partial charge in [-0.05, 0) is 23.1 Å². The minimum atomic E-state index is -0.0592. The maximum Gasteiger partial charge on any atom is 0.172 e. The van der Waals surface area contributed by atoms with E-state index in [2.05, 4.69) is 31.3 Å². The number of ketones is 1. The van der Waals surface area contributed by atoms with Gasteiger partial charge in [0.05, 0.1) is 5.92 Å². The molecule has 1 unspecified atom stereocenters. The Morgan fingerprint density at radius 3 is 2.50 bits per heavy atom. The van der Waals surface area contributed by atoms with Crippen LogP contribution in [-0.4, -0.2) is 12.3 Å². The highest BCUT2D eigenvalue weighted by molar-refractivity contribution is 6.03. The highest BCUT2D eigenvalue weighted by Crippen LogP contribution is 2.33. The summed E-state index contributed by atoms with van der Waals surface area (Å²) in [6, 6.07) is 16.1. The number of para-hydroxylation sites is 1. The van der Waals surface area contributed by atoms with Crippen molar-refractivity contribution in [1.29, 1.82) is 0 Å². The number of nitrogens with one attached hydrogen (secondary N) is 1. The Bertz CT molecular complexity index is 628. The van der Waals surface area contributed by atoms with E-state index in [4.69, 9.17) is 0 Å². The minimum Gasteiger partial charge on any atom is -0.384 e. The first kappa shape index (κ1) is 12.9. The molecule has 1 heterocycles. The van der Waals surface area contributed by atoms with Crippen molar-refractivity contribution in [3.63, 3.8) is 0 Å². The van der Waals surface area contributed by atoms with Crippen molar-refractivity contribution >= 4 is 11.5 Å². The van der Waals surface area contributed by atoms with Gasteiger partial charge in [0.1, 0.15) is 0 Å². The first-order valence-corrected chi connectivity index (χ1v) is 7.14. The number of hydrogen-bond acceptors (Lipinski definition) is 2. The fraction of sp³-hybridized carbons (Fsp3) is 0.278. The Labute approximate surface area is 119 Å². The molecule has 0 fully saturated rings. The van der Waals surface area contributed by atoms with Crippen LogP contribution in [0.25, 0.3) is 0 Å². The molecule has 0 aromatic heterocycles. The Morgan fingerprint density at radius 1 is 1.10 bits per heavy atom. The van der Waals surface area contributed by atoms with Gasteiger partial charge in [0.2, 0.25) is 0 Å². The fourth-order valence-electron chi connectivity index (χ4n) is 2.75. The molecule has 3 rings (SSSR count). The smallest absolute Gasteiger partial charge is 0.172 e. The van der Waals surface area contributed by atoms with Crippen LogP contribution in [-0.2, 0) is 0 Å². The standard InChI is InChI=1S/C18H19NO/c1-12(2)13-7-9-14(10-8-13)18(20)16-11-19-17-6-4-3-5-15(16)17/h3-10,12,16,19H,11H2,1-2H3. The van der Waals surface area contributed by atoms with Gasteiger partial charge in [0, 0.05) is 17.8 Å². The normalized spacial score (nSPS) is 16.9. The van der Waals surface area contributed by atoms with Crippen LogP contribution in [0.1, 0.15) is 47.2 Å². The van der Waals surface area contributed by atoms with E-state index >= 15 is 0 Å². The van der Waals surface area contributed by atoms with Crippen molar-refractivity contribution in [1.82, 2.24) is 0 Å². The summed E-state index contributed by atoms with van der Waals surface area (Å²) in [6.45, 7) is 5.02. The number of carbonyl (C=O) groups is 1. The number of rotatable bonds is 3. The molecule has 0 radical (unpaired) electrons. The molecular weight excluding hydrogens is 246 g/mol. The van der Waals surface area contributed by atoms with Gasteiger partial charge in [-0.15, -0.1) is 0 Å². The first-order chi connectivity index (χ1) is 9.66.